The van der Waals surface area contributed by atoms with Crippen LogP contribution in [0.5, 0.6) is 28.7 Å². The molecule has 1 aromatic heterocycles. The lowest BCUT2D eigenvalue weighted by molar-refractivity contribution is 0.373. The van der Waals surface area contributed by atoms with Crippen molar-refractivity contribution in [1.82, 2.24) is 0 Å². The summed E-state index contributed by atoms with van der Waals surface area (Å²) in [5, 5.41) is 29.8. The second kappa shape index (κ2) is 5.69. The van der Waals surface area contributed by atoms with Crippen LogP contribution in [0.4, 0.5) is 0 Å². The number of hydrogen-bond donors (Lipinski definition) is 3. The minimum absolute atomic E-state index is 0.0416. The predicted octanol–water partition coefficient (Wildman–Crippen LogP) is 2.59. The molecule has 7 nitrogen and oxygen atoms in total. The van der Waals surface area contributed by atoms with Crippen molar-refractivity contribution in [3.05, 3.63) is 40.6 Å². The maximum atomic E-state index is 12.4. The number of benzene rings is 2. The first kappa shape index (κ1) is 15.5. The first-order valence-electron chi connectivity index (χ1n) is 6.90. The predicted molar refractivity (Wildman–Crippen MR) is 86.0 cm³/mol. The van der Waals surface area contributed by atoms with Crippen molar-refractivity contribution >= 4 is 11.0 Å². The standard InChI is InChI=1S/C17H14O7/c1-22-9-6-11(19)14-13(7-9)24-17(16(21)15(14)20)8-3-4-12(23-2)10(18)5-8/h3-7,18-19,21H,1-2H3. The first-order chi connectivity index (χ1) is 11.5. The van der Waals surface area contributed by atoms with Gasteiger partial charge in [0.25, 0.3) is 0 Å². The van der Waals surface area contributed by atoms with E-state index < -0.39 is 11.2 Å². The number of rotatable bonds is 3. The first-order valence-corrected chi connectivity index (χ1v) is 6.90. The van der Waals surface area contributed by atoms with E-state index in [2.05, 4.69) is 0 Å². The molecule has 0 spiro atoms. The minimum Gasteiger partial charge on any atom is -0.507 e. The molecule has 3 N–H and O–H groups in total. The fourth-order valence-corrected chi connectivity index (χ4v) is 2.41. The van der Waals surface area contributed by atoms with Crippen LogP contribution < -0.4 is 14.9 Å². The highest BCUT2D eigenvalue weighted by Crippen LogP contribution is 2.38. The monoisotopic (exact) mass is 330 g/mol. The molecule has 24 heavy (non-hydrogen) atoms. The highest BCUT2D eigenvalue weighted by Gasteiger charge is 2.19. The van der Waals surface area contributed by atoms with Gasteiger partial charge >= 0.3 is 0 Å². The van der Waals surface area contributed by atoms with E-state index in [1.165, 1.54) is 44.6 Å². The number of phenolic OH excluding ortho intramolecular Hbond substituents is 2. The fraction of sp³-hybridized carbons (Fsp3) is 0.118. The molecule has 0 unspecified atom stereocenters. The van der Waals surface area contributed by atoms with Crippen LogP contribution in [0.1, 0.15) is 0 Å². The summed E-state index contributed by atoms with van der Waals surface area (Å²) in [7, 11) is 2.80. The fourth-order valence-electron chi connectivity index (χ4n) is 2.41. The zero-order valence-electron chi connectivity index (χ0n) is 12.9. The lowest BCUT2D eigenvalue weighted by Gasteiger charge is -2.10. The van der Waals surface area contributed by atoms with Gasteiger partial charge in [-0.1, -0.05) is 0 Å². The van der Waals surface area contributed by atoms with Gasteiger partial charge in [-0.15, -0.1) is 0 Å². The number of fused-ring (bicyclic) bond motifs is 1. The largest absolute Gasteiger partial charge is 0.507 e. The Morgan fingerprint density at radius 2 is 1.71 bits per heavy atom. The average Bonchev–Trinajstić information content (AvgIpc) is 2.57. The number of methoxy groups -OCH3 is 2. The van der Waals surface area contributed by atoms with Crippen LogP contribution in [0.25, 0.3) is 22.3 Å². The van der Waals surface area contributed by atoms with Crippen molar-refractivity contribution in [2.45, 2.75) is 0 Å². The summed E-state index contributed by atoms with van der Waals surface area (Å²) in [5.41, 5.74) is -0.478. The van der Waals surface area contributed by atoms with Crippen LogP contribution in [-0.2, 0) is 0 Å². The summed E-state index contributed by atoms with van der Waals surface area (Å²) in [6.45, 7) is 0. The zero-order valence-corrected chi connectivity index (χ0v) is 12.9. The van der Waals surface area contributed by atoms with E-state index in [-0.39, 0.29) is 45.3 Å². The quantitative estimate of drug-likeness (QED) is 0.677. The van der Waals surface area contributed by atoms with Crippen molar-refractivity contribution in [3.8, 4) is 40.1 Å². The molecule has 1 heterocycles. The Labute approximate surface area is 135 Å². The summed E-state index contributed by atoms with van der Waals surface area (Å²) in [6.07, 6.45) is 0. The summed E-state index contributed by atoms with van der Waals surface area (Å²) in [5.74, 6) is -0.827. The maximum absolute atomic E-state index is 12.4. The van der Waals surface area contributed by atoms with Crippen molar-refractivity contribution in [2.24, 2.45) is 0 Å². The molecule has 0 saturated heterocycles. The van der Waals surface area contributed by atoms with Crippen LogP contribution in [0.15, 0.2) is 39.5 Å². The van der Waals surface area contributed by atoms with Crippen molar-refractivity contribution in [2.75, 3.05) is 14.2 Å². The number of phenols is 2. The lowest BCUT2D eigenvalue weighted by atomic mass is 10.1. The van der Waals surface area contributed by atoms with E-state index in [4.69, 9.17) is 13.9 Å². The molecule has 0 fully saturated rings. The highest BCUT2D eigenvalue weighted by molar-refractivity contribution is 5.88. The molecule has 0 aliphatic rings. The van der Waals surface area contributed by atoms with Gasteiger partial charge in [0.2, 0.25) is 11.2 Å². The van der Waals surface area contributed by atoms with Crippen LogP contribution >= 0.6 is 0 Å². The molecular weight excluding hydrogens is 316 g/mol. The molecule has 0 atom stereocenters. The summed E-state index contributed by atoms with van der Waals surface area (Å²) >= 11 is 0. The molecule has 3 rings (SSSR count). The van der Waals surface area contributed by atoms with Gasteiger partial charge in [-0.3, -0.25) is 4.79 Å². The smallest absolute Gasteiger partial charge is 0.238 e. The molecule has 0 aliphatic carbocycles. The Bertz CT molecular complexity index is 988. The molecule has 7 heteroatoms. The van der Waals surface area contributed by atoms with Gasteiger partial charge in [-0.05, 0) is 18.2 Å². The topological polar surface area (TPSA) is 109 Å². The highest BCUT2D eigenvalue weighted by atomic mass is 16.5. The SMILES string of the molecule is COc1cc(O)c2c(=O)c(O)c(-c3ccc(OC)c(O)c3)oc2c1. The molecule has 0 radical (unpaired) electrons. The Balaban J connectivity index is 2.31. The van der Waals surface area contributed by atoms with Crippen molar-refractivity contribution in [3.63, 3.8) is 0 Å². The van der Waals surface area contributed by atoms with Gasteiger partial charge in [-0.25, -0.2) is 0 Å². The third kappa shape index (κ3) is 2.36. The number of hydrogen-bond acceptors (Lipinski definition) is 7. The Morgan fingerprint density at radius 1 is 0.958 bits per heavy atom. The summed E-state index contributed by atoms with van der Waals surface area (Å²) in [6, 6.07) is 6.95. The van der Waals surface area contributed by atoms with Gasteiger partial charge in [-0.2, -0.15) is 0 Å². The van der Waals surface area contributed by atoms with Crippen LogP contribution in [-0.4, -0.2) is 29.5 Å². The third-order valence-electron chi connectivity index (χ3n) is 3.60. The van der Waals surface area contributed by atoms with Gasteiger partial charge in [0.15, 0.2) is 17.3 Å². The van der Waals surface area contributed by atoms with E-state index in [1.807, 2.05) is 0 Å². The van der Waals surface area contributed by atoms with E-state index in [0.29, 0.717) is 0 Å². The Morgan fingerprint density at radius 3 is 2.33 bits per heavy atom. The molecule has 0 aliphatic heterocycles. The van der Waals surface area contributed by atoms with E-state index in [1.54, 1.807) is 0 Å². The van der Waals surface area contributed by atoms with Crippen LogP contribution in [0.2, 0.25) is 0 Å². The number of aromatic hydroxyl groups is 3. The molecule has 0 amide bonds. The Hall–Kier alpha value is -3.35. The molecule has 0 saturated carbocycles. The zero-order chi connectivity index (χ0) is 17.4. The third-order valence-corrected chi connectivity index (χ3v) is 3.60. The summed E-state index contributed by atoms with van der Waals surface area (Å²) < 4.78 is 15.5. The summed E-state index contributed by atoms with van der Waals surface area (Å²) in [4.78, 5) is 12.4. The second-order valence-corrected chi connectivity index (χ2v) is 5.02. The normalized spacial score (nSPS) is 10.8. The van der Waals surface area contributed by atoms with Crippen molar-refractivity contribution in [1.29, 1.82) is 0 Å². The van der Waals surface area contributed by atoms with E-state index >= 15 is 0 Å². The van der Waals surface area contributed by atoms with Gasteiger partial charge in [0.05, 0.1) is 14.2 Å². The van der Waals surface area contributed by atoms with Gasteiger partial charge < -0.3 is 29.2 Å². The average molecular weight is 330 g/mol. The Kier molecular flexibility index (Phi) is 3.69. The second-order valence-electron chi connectivity index (χ2n) is 5.02. The van der Waals surface area contributed by atoms with E-state index in [0.717, 1.165) is 0 Å². The maximum Gasteiger partial charge on any atom is 0.238 e. The number of ether oxygens (including phenoxy) is 2. The van der Waals surface area contributed by atoms with E-state index in [9.17, 15) is 20.1 Å². The molecular formula is C17H14O7. The minimum atomic E-state index is -0.790. The van der Waals surface area contributed by atoms with Crippen molar-refractivity contribution < 1.29 is 29.2 Å². The van der Waals surface area contributed by atoms with Crippen LogP contribution in [0, 0.1) is 0 Å². The molecule has 3 aromatic rings. The van der Waals surface area contributed by atoms with Gasteiger partial charge in [0, 0.05) is 17.7 Å². The van der Waals surface area contributed by atoms with Crippen LogP contribution in [0.3, 0.4) is 0 Å². The molecule has 0 bridgehead atoms. The molecule has 2 aromatic carbocycles. The van der Waals surface area contributed by atoms with Gasteiger partial charge in [0.1, 0.15) is 22.5 Å². The molecule has 124 valence electrons. The lowest BCUT2D eigenvalue weighted by Crippen LogP contribution is -2.03.